The number of carbonyl (C=O) groups excluding carboxylic acids is 1. The van der Waals surface area contributed by atoms with Crippen LogP contribution in [-0.4, -0.2) is 15.5 Å². The van der Waals surface area contributed by atoms with Crippen molar-refractivity contribution in [1.29, 1.82) is 0 Å². The lowest BCUT2D eigenvalue weighted by Gasteiger charge is -2.07. The van der Waals surface area contributed by atoms with Gasteiger partial charge in [0.2, 0.25) is 0 Å². The molecular weight excluding hydrogens is 292 g/mol. The van der Waals surface area contributed by atoms with Crippen molar-refractivity contribution >= 4 is 5.91 Å². The third-order valence-electron chi connectivity index (χ3n) is 3.46. The van der Waals surface area contributed by atoms with Gasteiger partial charge in [0.25, 0.3) is 5.91 Å². The zero-order chi connectivity index (χ0) is 16.1. The van der Waals surface area contributed by atoms with Crippen LogP contribution in [0.2, 0.25) is 0 Å². The van der Waals surface area contributed by atoms with E-state index in [1.54, 1.807) is 12.5 Å². The Labute approximate surface area is 133 Å². The Morgan fingerprint density at radius 1 is 1.13 bits per heavy atom. The number of benzene rings is 1. The van der Waals surface area contributed by atoms with Crippen molar-refractivity contribution in [1.82, 2.24) is 14.9 Å². The highest BCUT2D eigenvalue weighted by atomic mass is 16.5. The Bertz CT molecular complexity index is 765. The van der Waals surface area contributed by atoms with Crippen LogP contribution in [-0.2, 0) is 13.1 Å². The van der Waals surface area contributed by atoms with Gasteiger partial charge in [-0.25, -0.2) is 4.98 Å². The van der Waals surface area contributed by atoms with E-state index in [2.05, 4.69) is 10.3 Å². The number of nitrogens with one attached hydrogen (secondary N) is 1. The van der Waals surface area contributed by atoms with E-state index >= 15 is 0 Å². The Hall–Kier alpha value is -3.15. The zero-order valence-electron chi connectivity index (χ0n) is 12.4. The number of aromatic nitrogens is 3. The maximum atomic E-state index is 12.0. The third kappa shape index (κ3) is 3.94. The molecule has 0 atom stereocenters. The third-order valence-corrected chi connectivity index (χ3v) is 3.46. The van der Waals surface area contributed by atoms with Gasteiger partial charge in [-0.15, -0.1) is 0 Å². The minimum Gasteiger partial charge on any atom is -0.619 e. The molecule has 0 aliphatic rings. The summed E-state index contributed by atoms with van der Waals surface area (Å²) in [5.41, 5.74) is 2.65. The molecule has 23 heavy (non-hydrogen) atoms. The van der Waals surface area contributed by atoms with E-state index in [0.717, 1.165) is 12.1 Å². The molecule has 6 heteroatoms. The van der Waals surface area contributed by atoms with Crippen molar-refractivity contribution < 1.29 is 9.52 Å². The molecule has 0 radical (unpaired) electrons. The van der Waals surface area contributed by atoms with Crippen LogP contribution in [0.15, 0.2) is 67.5 Å². The molecule has 1 N–H and O–H groups in total. The molecule has 3 aromatic rings. The molecule has 0 spiro atoms. The van der Waals surface area contributed by atoms with E-state index in [4.69, 9.17) is 0 Å². The second kappa shape index (κ2) is 6.74. The molecular formula is C17H16N4O2. The number of amides is 1. The van der Waals surface area contributed by atoms with Crippen molar-refractivity contribution in [3.8, 4) is 0 Å². The van der Waals surface area contributed by atoms with Crippen molar-refractivity contribution in [2.24, 2.45) is 0 Å². The lowest BCUT2D eigenvalue weighted by Crippen LogP contribution is -2.27. The van der Waals surface area contributed by atoms with Gasteiger partial charge in [-0.2, -0.15) is 4.73 Å². The highest BCUT2D eigenvalue weighted by molar-refractivity contribution is 5.93. The van der Waals surface area contributed by atoms with Gasteiger partial charge < -0.3 is 15.1 Å². The van der Waals surface area contributed by atoms with Crippen LogP contribution in [0.1, 0.15) is 21.5 Å². The molecule has 2 heterocycles. The highest BCUT2D eigenvalue weighted by Crippen LogP contribution is 2.07. The molecule has 0 bridgehead atoms. The summed E-state index contributed by atoms with van der Waals surface area (Å²) >= 11 is 0. The molecule has 0 saturated heterocycles. The molecule has 0 saturated carbocycles. The van der Waals surface area contributed by atoms with Crippen LogP contribution in [0.4, 0.5) is 0 Å². The van der Waals surface area contributed by atoms with Gasteiger partial charge in [-0.1, -0.05) is 24.3 Å². The SMILES string of the molecule is O=C(NCc1ccc(Cn2ccnc2)cc1)c1cc[n+]([O-])cc1. The van der Waals surface area contributed by atoms with Crippen molar-refractivity contribution in [2.45, 2.75) is 13.1 Å². The Morgan fingerprint density at radius 3 is 2.48 bits per heavy atom. The minimum atomic E-state index is -0.201. The van der Waals surface area contributed by atoms with Gasteiger partial charge in [0.05, 0.1) is 11.9 Å². The number of imidazole rings is 1. The van der Waals surface area contributed by atoms with Crippen LogP contribution in [0.25, 0.3) is 0 Å². The Kier molecular flexibility index (Phi) is 4.33. The predicted molar refractivity (Wildman–Crippen MR) is 84.3 cm³/mol. The Morgan fingerprint density at radius 2 is 1.83 bits per heavy atom. The van der Waals surface area contributed by atoms with E-state index in [9.17, 15) is 10.0 Å². The van der Waals surface area contributed by atoms with Crippen LogP contribution >= 0.6 is 0 Å². The van der Waals surface area contributed by atoms with E-state index in [1.807, 2.05) is 35.0 Å². The lowest BCUT2D eigenvalue weighted by atomic mass is 10.1. The molecule has 2 aromatic heterocycles. The smallest absolute Gasteiger partial charge is 0.252 e. The summed E-state index contributed by atoms with van der Waals surface area (Å²) in [6, 6.07) is 11.0. The van der Waals surface area contributed by atoms with Gasteiger partial charge in [-0.3, -0.25) is 4.79 Å². The largest absolute Gasteiger partial charge is 0.619 e. The zero-order valence-corrected chi connectivity index (χ0v) is 12.4. The first kappa shape index (κ1) is 14.8. The topological polar surface area (TPSA) is 73.9 Å². The number of nitrogens with zero attached hydrogens (tertiary/aromatic N) is 3. The van der Waals surface area contributed by atoms with Crippen LogP contribution < -0.4 is 10.0 Å². The molecule has 1 amide bonds. The van der Waals surface area contributed by atoms with Crippen molar-refractivity contribution in [3.05, 3.63) is 89.4 Å². The monoisotopic (exact) mass is 308 g/mol. The van der Waals surface area contributed by atoms with Crippen molar-refractivity contribution in [2.75, 3.05) is 0 Å². The van der Waals surface area contributed by atoms with E-state index in [-0.39, 0.29) is 5.91 Å². The van der Waals surface area contributed by atoms with Crippen LogP contribution in [0.3, 0.4) is 0 Å². The maximum absolute atomic E-state index is 12.0. The fraction of sp³-hybridized carbons (Fsp3) is 0.118. The molecule has 116 valence electrons. The lowest BCUT2D eigenvalue weighted by molar-refractivity contribution is -0.605. The maximum Gasteiger partial charge on any atom is 0.252 e. The summed E-state index contributed by atoms with van der Waals surface area (Å²) in [7, 11) is 0. The van der Waals surface area contributed by atoms with Crippen LogP contribution in [0.5, 0.6) is 0 Å². The fourth-order valence-electron chi connectivity index (χ4n) is 2.20. The molecule has 0 unspecified atom stereocenters. The summed E-state index contributed by atoms with van der Waals surface area (Å²) in [6.07, 6.45) is 8.06. The highest BCUT2D eigenvalue weighted by Gasteiger charge is 2.06. The predicted octanol–water partition coefficient (Wildman–Crippen LogP) is 1.49. The first-order valence-corrected chi connectivity index (χ1v) is 7.21. The van der Waals surface area contributed by atoms with Crippen molar-refractivity contribution in [3.63, 3.8) is 0 Å². The molecule has 0 aliphatic heterocycles. The Balaban J connectivity index is 1.56. The first-order chi connectivity index (χ1) is 11.2. The summed E-state index contributed by atoms with van der Waals surface area (Å²) < 4.78 is 2.64. The average Bonchev–Trinajstić information content (AvgIpc) is 3.07. The quantitative estimate of drug-likeness (QED) is 0.573. The molecule has 1 aromatic carbocycles. The number of hydrogen-bond acceptors (Lipinski definition) is 3. The van der Waals surface area contributed by atoms with Gasteiger partial charge in [0.1, 0.15) is 0 Å². The fourth-order valence-corrected chi connectivity index (χ4v) is 2.20. The standard InChI is InChI=1S/C17H16N4O2/c22-17(16-5-8-21(23)9-6-16)19-11-14-1-3-15(4-2-14)12-20-10-7-18-13-20/h1-10,13H,11-12H2,(H,19,22). The van der Waals surface area contributed by atoms with E-state index in [0.29, 0.717) is 16.8 Å². The normalized spacial score (nSPS) is 10.4. The van der Waals surface area contributed by atoms with E-state index < -0.39 is 0 Å². The summed E-state index contributed by atoms with van der Waals surface area (Å²) in [4.78, 5) is 16.0. The first-order valence-electron chi connectivity index (χ1n) is 7.21. The number of pyridine rings is 1. The second-order valence-corrected chi connectivity index (χ2v) is 5.18. The second-order valence-electron chi connectivity index (χ2n) is 5.18. The van der Waals surface area contributed by atoms with Gasteiger partial charge in [0, 0.05) is 37.6 Å². The van der Waals surface area contributed by atoms with Gasteiger partial charge in [-0.05, 0) is 11.1 Å². The van der Waals surface area contributed by atoms with E-state index in [1.165, 1.54) is 30.1 Å². The number of carbonyl (C=O) groups is 1. The van der Waals surface area contributed by atoms with Gasteiger partial charge >= 0.3 is 0 Å². The summed E-state index contributed by atoms with van der Waals surface area (Å²) in [5.74, 6) is -0.201. The molecule has 0 aliphatic carbocycles. The summed E-state index contributed by atoms with van der Waals surface area (Å²) in [5, 5.41) is 13.8. The molecule has 6 nitrogen and oxygen atoms in total. The molecule has 0 fully saturated rings. The number of hydrogen-bond donors (Lipinski definition) is 1. The van der Waals surface area contributed by atoms with Crippen LogP contribution in [0, 0.1) is 5.21 Å². The number of rotatable bonds is 5. The van der Waals surface area contributed by atoms with Gasteiger partial charge in [0.15, 0.2) is 12.4 Å². The summed E-state index contributed by atoms with van der Waals surface area (Å²) in [6.45, 7) is 1.21. The minimum absolute atomic E-state index is 0.201. The molecule has 3 rings (SSSR count). The average molecular weight is 308 g/mol.